The van der Waals surface area contributed by atoms with Gasteiger partial charge in [0.15, 0.2) is 5.11 Å². The molecule has 2 aromatic heterocycles. The van der Waals surface area contributed by atoms with Crippen LogP contribution in [0.15, 0.2) is 34.9 Å². The highest BCUT2D eigenvalue weighted by atomic mass is 32.1. The van der Waals surface area contributed by atoms with E-state index in [1.165, 1.54) is 16.2 Å². The van der Waals surface area contributed by atoms with Crippen molar-refractivity contribution in [1.82, 2.24) is 10.5 Å². The summed E-state index contributed by atoms with van der Waals surface area (Å²) in [5.74, 6) is 0.00433. The third-order valence-electron chi connectivity index (χ3n) is 4.62. The fraction of sp³-hybridized carbons (Fsp3) is 0.200. The molecule has 8 heteroatoms. The van der Waals surface area contributed by atoms with Gasteiger partial charge in [0.25, 0.3) is 5.91 Å². The van der Waals surface area contributed by atoms with Crippen molar-refractivity contribution in [3.8, 4) is 17.3 Å². The minimum Gasteiger partial charge on any atom is -0.360 e. The smallest absolute Gasteiger partial charge is 0.263 e. The van der Waals surface area contributed by atoms with Crippen molar-refractivity contribution >= 4 is 39.6 Å². The summed E-state index contributed by atoms with van der Waals surface area (Å²) in [5.41, 5.74) is 3.31. The number of carbonyl (C=O) groups excluding carboxylic acids is 1. The normalized spacial score (nSPS) is 12.3. The molecule has 0 atom stereocenters. The minimum atomic E-state index is -0.405. The number of hydrogen-bond donors (Lipinski definition) is 2. The number of nitrogens with zero attached hydrogens (tertiary/aromatic N) is 2. The molecule has 6 nitrogen and oxygen atoms in total. The largest absolute Gasteiger partial charge is 0.360 e. The first-order chi connectivity index (χ1) is 13.6. The van der Waals surface area contributed by atoms with Crippen molar-refractivity contribution in [2.75, 3.05) is 5.32 Å². The van der Waals surface area contributed by atoms with Gasteiger partial charge < -0.3 is 9.84 Å². The van der Waals surface area contributed by atoms with E-state index in [0.717, 1.165) is 30.4 Å². The van der Waals surface area contributed by atoms with Gasteiger partial charge in [-0.25, -0.2) is 0 Å². The number of rotatable bonds is 3. The lowest BCUT2D eigenvalue weighted by molar-refractivity contribution is 0.0977. The zero-order chi connectivity index (χ0) is 19.7. The Kier molecular flexibility index (Phi) is 4.94. The van der Waals surface area contributed by atoms with Crippen molar-refractivity contribution in [2.24, 2.45) is 0 Å². The van der Waals surface area contributed by atoms with Gasteiger partial charge in [-0.3, -0.25) is 10.1 Å². The number of thiophene rings is 1. The molecule has 0 saturated heterocycles. The number of amides is 1. The summed E-state index contributed by atoms with van der Waals surface area (Å²) in [6.45, 7) is 1.68. The van der Waals surface area contributed by atoms with Gasteiger partial charge in [0.05, 0.1) is 5.56 Å². The van der Waals surface area contributed by atoms with E-state index in [1.807, 2.05) is 30.3 Å². The van der Waals surface area contributed by atoms with E-state index in [-0.39, 0.29) is 5.11 Å². The second kappa shape index (κ2) is 7.54. The van der Waals surface area contributed by atoms with Gasteiger partial charge in [-0.05, 0) is 44.0 Å². The second-order valence-electron chi connectivity index (χ2n) is 6.41. The molecule has 28 heavy (non-hydrogen) atoms. The van der Waals surface area contributed by atoms with Crippen LogP contribution < -0.4 is 10.6 Å². The number of nitriles is 1. The van der Waals surface area contributed by atoms with Crippen LogP contribution in [0.5, 0.6) is 0 Å². The first-order valence-electron chi connectivity index (χ1n) is 8.77. The SMILES string of the molecule is Cc1onc(-c2ccccc2)c1C(=O)NC(=S)Nc1sc2c(c1C#N)CCC2. The number of hydrogen-bond acceptors (Lipinski definition) is 6. The van der Waals surface area contributed by atoms with E-state index >= 15 is 0 Å². The van der Waals surface area contributed by atoms with Crippen LogP contribution >= 0.6 is 23.6 Å². The molecule has 1 aromatic carbocycles. The number of aromatic nitrogens is 1. The third kappa shape index (κ3) is 3.30. The van der Waals surface area contributed by atoms with Crippen LogP contribution in [0.4, 0.5) is 5.00 Å². The van der Waals surface area contributed by atoms with Crippen LogP contribution in [0.3, 0.4) is 0 Å². The standard InChI is InChI=1S/C20H16N4O2S2/c1-11-16(17(24-26-11)12-6-3-2-4-7-12)18(25)22-20(27)23-19-14(10-21)13-8-5-9-15(13)28-19/h2-4,6-7H,5,8-9H2,1H3,(H2,22,23,25,27). The summed E-state index contributed by atoms with van der Waals surface area (Å²) < 4.78 is 5.23. The second-order valence-corrected chi connectivity index (χ2v) is 7.92. The molecule has 0 spiro atoms. The number of fused-ring (bicyclic) bond motifs is 1. The van der Waals surface area contributed by atoms with Gasteiger partial charge in [0, 0.05) is 10.4 Å². The van der Waals surface area contributed by atoms with Crippen LogP contribution in [-0.2, 0) is 12.8 Å². The van der Waals surface area contributed by atoms with Crippen molar-refractivity contribution in [1.29, 1.82) is 5.26 Å². The number of aryl methyl sites for hydroxylation is 2. The van der Waals surface area contributed by atoms with Gasteiger partial charge in [0.2, 0.25) is 0 Å². The molecule has 1 amide bonds. The lowest BCUT2D eigenvalue weighted by atomic mass is 10.1. The lowest BCUT2D eigenvalue weighted by Crippen LogP contribution is -2.34. The van der Waals surface area contributed by atoms with E-state index in [0.29, 0.717) is 27.6 Å². The molecule has 3 aromatic rings. The van der Waals surface area contributed by atoms with Crippen LogP contribution in [0.2, 0.25) is 0 Å². The Balaban J connectivity index is 1.53. The quantitative estimate of drug-likeness (QED) is 0.631. The van der Waals surface area contributed by atoms with Gasteiger partial charge in [-0.15, -0.1) is 11.3 Å². The first-order valence-corrected chi connectivity index (χ1v) is 9.99. The maximum Gasteiger partial charge on any atom is 0.263 e. The predicted molar refractivity (Wildman–Crippen MR) is 111 cm³/mol. The average molecular weight is 409 g/mol. The van der Waals surface area contributed by atoms with Gasteiger partial charge in [0.1, 0.15) is 28.1 Å². The molecule has 1 aliphatic carbocycles. The van der Waals surface area contributed by atoms with E-state index in [2.05, 4.69) is 21.9 Å². The number of thiocarbonyl (C=S) groups is 1. The van der Waals surface area contributed by atoms with Crippen LogP contribution in [0, 0.1) is 18.3 Å². The molecule has 0 bridgehead atoms. The minimum absolute atomic E-state index is 0.140. The van der Waals surface area contributed by atoms with Gasteiger partial charge >= 0.3 is 0 Å². The first kappa shape index (κ1) is 18.3. The fourth-order valence-corrected chi connectivity index (χ4v) is 4.85. The zero-order valence-electron chi connectivity index (χ0n) is 15.0. The van der Waals surface area contributed by atoms with Gasteiger partial charge in [-0.1, -0.05) is 35.5 Å². The van der Waals surface area contributed by atoms with E-state index in [1.54, 1.807) is 6.92 Å². The molecular formula is C20H16N4O2S2. The molecule has 140 valence electrons. The number of anilines is 1. The van der Waals surface area contributed by atoms with E-state index in [9.17, 15) is 10.1 Å². The highest BCUT2D eigenvalue weighted by Crippen LogP contribution is 2.38. The Hall–Kier alpha value is -3.02. The van der Waals surface area contributed by atoms with Crippen molar-refractivity contribution in [3.05, 3.63) is 57.7 Å². The molecule has 2 heterocycles. The summed E-state index contributed by atoms with van der Waals surface area (Å²) in [6.07, 6.45) is 2.97. The average Bonchev–Trinajstić information content (AvgIpc) is 3.36. The lowest BCUT2D eigenvalue weighted by Gasteiger charge is -2.09. The number of carbonyl (C=O) groups is 1. The Morgan fingerprint density at radius 1 is 1.32 bits per heavy atom. The molecule has 1 aliphatic rings. The monoisotopic (exact) mass is 408 g/mol. The molecule has 0 fully saturated rings. The van der Waals surface area contributed by atoms with Crippen molar-refractivity contribution in [2.45, 2.75) is 26.2 Å². The Labute approximate surface area is 171 Å². The Bertz CT molecular complexity index is 1110. The molecule has 4 rings (SSSR count). The number of nitrogens with one attached hydrogen (secondary N) is 2. The van der Waals surface area contributed by atoms with Crippen molar-refractivity contribution in [3.63, 3.8) is 0 Å². The topological polar surface area (TPSA) is 90.9 Å². The summed E-state index contributed by atoms with van der Waals surface area (Å²) in [5, 5.41) is 20.0. The summed E-state index contributed by atoms with van der Waals surface area (Å²) >= 11 is 6.83. The van der Waals surface area contributed by atoms with Crippen molar-refractivity contribution < 1.29 is 9.32 Å². The molecule has 2 N–H and O–H groups in total. The van der Waals surface area contributed by atoms with Crippen LogP contribution in [-0.4, -0.2) is 16.2 Å². The predicted octanol–water partition coefficient (Wildman–Crippen LogP) is 4.20. The Morgan fingerprint density at radius 3 is 2.86 bits per heavy atom. The van der Waals surface area contributed by atoms with Gasteiger partial charge in [-0.2, -0.15) is 5.26 Å². The molecule has 0 radical (unpaired) electrons. The molecule has 0 aliphatic heterocycles. The third-order valence-corrected chi connectivity index (χ3v) is 6.04. The zero-order valence-corrected chi connectivity index (χ0v) is 16.7. The summed E-state index contributed by atoms with van der Waals surface area (Å²) in [7, 11) is 0. The summed E-state index contributed by atoms with van der Waals surface area (Å²) in [6, 6.07) is 11.6. The van der Waals surface area contributed by atoms with E-state index in [4.69, 9.17) is 16.7 Å². The van der Waals surface area contributed by atoms with Crippen LogP contribution in [0.25, 0.3) is 11.3 Å². The Morgan fingerprint density at radius 2 is 2.11 bits per heavy atom. The van der Waals surface area contributed by atoms with E-state index < -0.39 is 5.91 Å². The molecule has 0 unspecified atom stereocenters. The number of benzene rings is 1. The maximum absolute atomic E-state index is 12.8. The molecule has 0 saturated carbocycles. The fourth-order valence-electron chi connectivity index (χ4n) is 3.34. The van der Waals surface area contributed by atoms with Crippen LogP contribution in [0.1, 0.15) is 38.5 Å². The maximum atomic E-state index is 12.8. The molecular weight excluding hydrogens is 392 g/mol. The summed E-state index contributed by atoms with van der Waals surface area (Å²) in [4.78, 5) is 14.0. The highest BCUT2D eigenvalue weighted by Gasteiger charge is 2.25. The highest BCUT2D eigenvalue weighted by molar-refractivity contribution is 7.80.